The van der Waals surface area contributed by atoms with Gasteiger partial charge in [0, 0.05) is 59.0 Å². The fraction of sp³-hybridized carbons (Fsp3) is 0.667. The van der Waals surface area contributed by atoms with Gasteiger partial charge in [-0.2, -0.15) is 0 Å². The highest BCUT2D eigenvalue weighted by atomic mass is 16.7. The molecule has 11 atom stereocenters. The van der Waals surface area contributed by atoms with Crippen molar-refractivity contribution in [3.8, 4) is 0 Å². The van der Waals surface area contributed by atoms with E-state index in [9.17, 15) is 24.0 Å². The summed E-state index contributed by atoms with van der Waals surface area (Å²) in [5.41, 5.74) is -6.32. The van der Waals surface area contributed by atoms with Gasteiger partial charge in [0.2, 0.25) is 11.7 Å². The minimum Gasteiger partial charge on any atom is -0.472 e. The lowest BCUT2D eigenvalue weighted by Gasteiger charge is -2.67. The molecule has 3 aliphatic carbocycles. The number of rotatable bonds is 7. The molecule has 1 aromatic rings. The Bertz CT molecular complexity index is 1640. The summed E-state index contributed by atoms with van der Waals surface area (Å²) in [5, 5.41) is 0. The number of ketones is 1. The van der Waals surface area contributed by atoms with Crippen molar-refractivity contribution in [1.82, 2.24) is 0 Å². The van der Waals surface area contributed by atoms with Gasteiger partial charge in [-0.1, -0.05) is 33.8 Å². The first kappa shape index (κ1) is 34.8. The Morgan fingerprint density at radius 3 is 2.29 bits per heavy atom. The van der Waals surface area contributed by atoms with Gasteiger partial charge in [-0.25, -0.2) is 9.59 Å². The molecule has 266 valence electrons. The van der Waals surface area contributed by atoms with E-state index in [1.54, 1.807) is 46.8 Å². The molecule has 0 N–H and O–H groups in total. The molecule has 2 aliphatic heterocycles. The summed E-state index contributed by atoms with van der Waals surface area (Å²) in [6.07, 6.45) is 0.359. The van der Waals surface area contributed by atoms with E-state index in [-0.39, 0.29) is 12.0 Å². The van der Waals surface area contributed by atoms with Crippen molar-refractivity contribution in [2.75, 3.05) is 7.11 Å². The number of fused-ring (bicyclic) bond motifs is 5. The quantitative estimate of drug-likeness (QED) is 0.175. The molecule has 2 bridgehead atoms. The zero-order chi connectivity index (χ0) is 36.1. The molecule has 0 amide bonds. The Balaban J connectivity index is 1.64. The third-order valence-corrected chi connectivity index (χ3v) is 12.4. The van der Waals surface area contributed by atoms with E-state index < -0.39 is 105 Å². The number of hydrogen-bond donors (Lipinski definition) is 0. The van der Waals surface area contributed by atoms with Gasteiger partial charge in [-0.05, 0) is 32.8 Å². The molecular formula is C36H44O13. The number of cyclic esters (lactones) is 1. The number of carbonyl (C=O) groups excluding carboxylic acids is 6. The van der Waals surface area contributed by atoms with Crippen LogP contribution in [0.1, 0.15) is 86.3 Å². The largest absolute Gasteiger partial charge is 0.472 e. The first-order chi connectivity index (χ1) is 22.9. The van der Waals surface area contributed by atoms with Crippen LogP contribution in [0.25, 0.3) is 0 Å². The average molecular weight is 685 g/mol. The number of esters is 5. The highest BCUT2D eigenvalue weighted by molar-refractivity contribution is 6.01. The van der Waals surface area contributed by atoms with Crippen molar-refractivity contribution in [2.45, 2.75) is 110 Å². The summed E-state index contributed by atoms with van der Waals surface area (Å²) in [6.45, 7) is 12.6. The summed E-state index contributed by atoms with van der Waals surface area (Å²) in [7, 11) is 1.15. The molecular weight excluding hydrogens is 640 g/mol. The van der Waals surface area contributed by atoms with Crippen LogP contribution in [0.5, 0.6) is 0 Å². The van der Waals surface area contributed by atoms with E-state index in [2.05, 4.69) is 0 Å². The molecule has 13 heteroatoms. The molecule has 11 unspecified atom stereocenters. The molecule has 0 radical (unpaired) electrons. The predicted molar refractivity (Wildman–Crippen MR) is 166 cm³/mol. The van der Waals surface area contributed by atoms with Gasteiger partial charge in [0.1, 0.15) is 17.8 Å². The van der Waals surface area contributed by atoms with E-state index in [1.807, 2.05) is 6.92 Å². The molecule has 2 saturated heterocycles. The lowest BCUT2D eigenvalue weighted by molar-refractivity contribution is -0.266. The highest BCUT2D eigenvalue weighted by Gasteiger charge is 2.93. The van der Waals surface area contributed by atoms with Crippen LogP contribution in [0.15, 0.2) is 34.7 Å². The van der Waals surface area contributed by atoms with Crippen molar-refractivity contribution >= 4 is 35.6 Å². The van der Waals surface area contributed by atoms with E-state index in [4.69, 9.17) is 32.8 Å². The van der Waals surface area contributed by atoms with Crippen LogP contribution in [-0.2, 0) is 57.2 Å². The van der Waals surface area contributed by atoms with Crippen LogP contribution < -0.4 is 0 Å². The first-order valence-corrected chi connectivity index (χ1v) is 16.6. The summed E-state index contributed by atoms with van der Waals surface area (Å²) in [5.74, 6) is -6.81. The van der Waals surface area contributed by atoms with Crippen LogP contribution >= 0.6 is 0 Å². The van der Waals surface area contributed by atoms with E-state index >= 15 is 4.79 Å². The second kappa shape index (κ2) is 11.3. The number of ether oxygens (including phenoxy) is 6. The van der Waals surface area contributed by atoms with Crippen LogP contribution in [-0.4, -0.2) is 72.3 Å². The molecule has 13 nitrogen and oxygen atoms in total. The maximum Gasteiger partial charge on any atom is 0.347 e. The highest BCUT2D eigenvalue weighted by Crippen LogP contribution is 2.79. The summed E-state index contributed by atoms with van der Waals surface area (Å²) in [4.78, 5) is 81.9. The third kappa shape index (κ3) is 4.52. The standard InChI is InChI=1S/C36H44O13/c1-10-17(2)27(40)47-30-32(5,6)25(24(28(41)43-9)45-18(3)37)34(8)21-11-13-33(7)22(15-23(39)46-26(33)20-12-14-44-16-20)35(21)31(49-35)36(30,29(34)42)48-19(4)38/h10,12,14,16,21-22,24-26,30-31H,11,13,15H2,1-9H3. The summed E-state index contributed by atoms with van der Waals surface area (Å²) in [6, 6.07) is 1.74. The molecule has 5 fully saturated rings. The number of furan rings is 1. The number of allylic oxidation sites excluding steroid dienone is 1. The number of methoxy groups -OCH3 is 1. The Hall–Kier alpha value is -4.00. The topological polar surface area (TPSA) is 174 Å². The molecule has 3 heterocycles. The fourth-order valence-corrected chi connectivity index (χ4v) is 10.6. The van der Waals surface area contributed by atoms with Gasteiger partial charge >= 0.3 is 29.8 Å². The van der Waals surface area contributed by atoms with Gasteiger partial charge in [0.25, 0.3) is 0 Å². The van der Waals surface area contributed by atoms with Gasteiger partial charge in [-0.3, -0.25) is 19.2 Å². The minimum atomic E-state index is -2.19. The molecule has 5 aliphatic rings. The van der Waals surface area contributed by atoms with Crippen molar-refractivity contribution in [3.63, 3.8) is 0 Å². The number of hydrogen-bond acceptors (Lipinski definition) is 13. The zero-order valence-corrected chi connectivity index (χ0v) is 29.3. The fourth-order valence-electron chi connectivity index (χ4n) is 10.6. The smallest absolute Gasteiger partial charge is 0.347 e. The molecule has 1 aromatic heterocycles. The number of Topliss-reactive ketones (excluding diaryl/α,β-unsaturated/α-hetero) is 1. The minimum absolute atomic E-state index is 0.0706. The molecule has 0 aromatic carbocycles. The summed E-state index contributed by atoms with van der Waals surface area (Å²) >= 11 is 0. The van der Waals surface area contributed by atoms with Crippen molar-refractivity contribution in [1.29, 1.82) is 0 Å². The van der Waals surface area contributed by atoms with Crippen LogP contribution in [0.4, 0.5) is 0 Å². The van der Waals surface area contributed by atoms with Crippen molar-refractivity contribution in [2.24, 2.45) is 34.0 Å². The summed E-state index contributed by atoms with van der Waals surface area (Å²) < 4.78 is 41.4. The molecule has 49 heavy (non-hydrogen) atoms. The van der Waals surface area contributed by atoms with Gasteiger partial charge < -0.3 is 32.8 Å². The maximum atomic E-state index is 15.5. The number of epoxide rings is 1. The number of carbonyl (C=O) groups is 6. The maximum absolute atomic E-state index is 15.5. The Morgan fingerprint density at radius 2 is 1.71 bits per heavy atom. The van der Waals surface area contributed by atoms with Crippen LogP contribution in [0, 0.1) is 34.0 Å². The normalized spacial score (nSPS) is 40.7. The lowest BCUT2D eigenvalue weighted by atomic mass is 9.36. The van der Waals surface area contributed by atoms with Gasteiger partial charge in [-0.15, -0.1) is 0 Å². The Morgan fingerprint density at radius 1 is 1.02 bits per heavy atom. The van der Waals surface area contributed by atoms with Gasteiger partial charge in [0.05, 0.1) is 26.1 Å². The zero-order valence-electron chi connectivity index (χ0n) is 29.3. The third-order valence-electron chi connectivity index (χ3n) is 12.4. The average Bonchev–Trinajstić information content (AvgIpc) is 3.51. The Kier molecular flexibility index (Phi) is 8.01. The Labute approximate surface area is 284 Å². The SMILES string of the molecule is CC=C(C)C(=O)OC1C(C)(C)C(C(OC(C)=O)C(=O)OC)C2(C)C(=O)C1(OC(C)=O)C1OC13C1CC(=O)OC(c4ccoc4)C1(C)CCC23. The van der Waals surface area contributed by atoms with E-state index in [0.717, 1.165) is 21.0 Å². The predicted octanol–water partition coefficient (Wildman–Crippen LogP) is 3.97. The monoisotopic (exact) mass is 684 g/mol. The van der Waals surface area contributed by atoms with Crippen molar-refractivity contribution in [3.05, 3.63) is 35.8 Å². The molecule has 1 spiro atoms. The lowest BCUT2D eigenvalue weighted by Crippen LogP contribution is -2.82. The second-order valence-electron chi connectivity index (χ2n) is 15.2. The van der Waals surface area contributed by atoms with Crippen molar-refractivity contribution < 1.29 is 61.6 Å². The second-order valence-corrected chi connectivity index (χ2v) is 15.2. The molecule has 6 rings (SSSR count). The van der Waals surface area contributed by atoms with E-state index in [1.165, 1.54) is 12.5 Å². The van der Waals surface area contributed by atoms with Crippen LogP contribution in [0.2, 0.25) is 0 Å². The van der Waals surface area contributed by atoms with Crippen LogP contribution in [0.3, 0.4) is 0 Å². The van der Waals surface area contributed by atoms with Gasteiger partial charge in [0.15, 0.2) is 11.9 Å². The van der Waals surface area contributed by atoms with E-state index in [0.29, 0.717) is 18.4 Å². The molecule has 3 saturated carbocycles. The first-order valence-electron chi connectivity index (χ1n) is 16.6.